The van der Waals surface area contributed by atoms with Gasteiger partial charge >= 0.3 is 5.97 Å². The van der Waals surface area contributed by atoms with Crippen molar-refractivity contribution in [1.29, 1.82) is 0 Å². The number of esters is 1. The highest BCUT2D eigenvalue weighted by Gasteiger charge is 2.19. The molecule has 26 heavy (non-hydrogen) atoms. The molecule has 0 amide bonds. The first kappa shape index (κ1) is 17.5. The summed E-state index contributed by atoms with van der Waals surface area (Å²) in [6.07, 6.45) is 0. The maximum absolute atomic E-state index is 13.2. The number of carbonyl (C=O) groups is 1. The molecule has 134 valence electrons. The van der Waals surface area contributed by atoms with Crippen LogP contribution in [0.4, 0.5) is 8.78 Å². The van der Waals surface area contributed by atoms with Gasteiger partial charge in [0.05, 0.1) is 6.61 Å². The summed E-state index contributed by atoms with van der Waals surface area (Å²) in [4.78, 5) is 11.9. The van der Waals surface area contributed by atoms with Crippen LogP contribution in [-0.2, 0) is 11.3 Å². The highest BCUT2D eigenvalue weighted by Crippen LogP contribution is 2.23. The predicted molar refractivity (Wildman–Crippen MR) is 88.5 cm³/mol. The van der Waals surface area contributed by atoms with Gasteiger partial charge in [0, 0.05) is 11.6 Å². The molecule has 1 aromatic heterocycles. The van der Waals surface area contributed by atoms with Gasteiger partial charge in [-0.1, -0.05) is 18.2 Å². The molecular weight excluding hydrogens is 344 g/mol. The number of aromatic amines is 1. The molecule has 0 fully saturated rings. The minimum atomic E-state index is -0.974. The van der Waals surface area contributed by atoms with Crippen molar-refractivity contribution in [3.63, 3.8) is 0 Å². The van der Waals surface area contributed by atoms with Gasteiger partial charge in [0.25, 0.3) is 0 Å². The van der Waals surface area contributed by atoms with Crippen molar-refractivity contribution >= 4 is 5.97 Å². The lowest BCUT2D eigenvalue weighted by Crippen LogP contribution is -2.07. The van der Waals surface area contributed by atoms with Gasteiger partial charge in [-0.05, 0) is 30.7 Å². The van der Waals surface area contributed by atoms with Gasteiger partial charge in [0.2, 0.25) is 0 Å². The largest absolute Gasteiger partial charge is 0.489 e. The fourth-order valence-corrected chi connectivity index (χ4v) is 2.32. The maximum atomic E-state index is 13.2. The summed E-state index contributed by atoms with van der Waals surface area (Å²) in [6.45, 7) is 2.06. The number of ether oxygens (including phenoxy) is 2. The van der Waals surface area contributed by atoms with E-state index in [-0.39, 0.29) is 24.7 Å². The Balaban J connectivity index is 1.77. The molecule has 3 rings (SSSR count). The molecule has 0 aliphatic heterocycles. The number of aromatic nitrogens is 3. The summed E-state index contributed by atoms with van der Waals surface area (Å²) in [6, 6.07) is 10.4. The molecule has 0 aliphatic carbocycles. The molecule has 1 N–H and O–H groups in total. The van der Waals surface area contributed by atoms with E-state index in [0.29, 0.717) is 11.3 Å². The minimum Gasteiger partial charge on any atom is -0.489 e. The second-order valence-corrected chi connectivity index (χ2v) is 5.31. The van der Waals surface area contributed by atoms with E-state index in [1.807, 2.05) is 0 Å². The van der Waals surface area contributed by atoms with Gasteiger partial charge in [0.1, 0.15) is 18.1 Å². The number of H-pyrrole nitrogens is 1. The summed E-state index contributed by atoms with van der Waals surface area (Å²) >= 11 is 0. The van der Waals surface area contributed by atoms with Crippen molar-refractivity contribution in [3.05, 3.63) is 65.4 Å². The van der Waals surface area contributed by atoms with Crippen molar-refractivity contribution in [2.45, 2.75) is 13.5 Å². The van der Waals surface area contributed by atoms with Crippen LogP contribution in [0.1, 0.15) is 23.0 Å². The van der Waals surface area contributed by atoms with E-state index >= 15 is 0 Å². The number of halogens is 2. The third-order valence-electron chi connectivity index (χ3n) is 3.51. The van der Waals surface area contributed by atoms with Crippen LogP contribution in [0.2, 0.25) is 0 Å². The van der Waals surface area contributed by atoms with E-state index in [4.69, 9.17) is 9.47 Å². The Morgan fingerprint density at radius 2 is 1.96 bits per heavy atom. The van der Waals surface area contributed by atoms with E-state index in [1.165, 1.54) is 6.07 Å². The Bertz CT molecular complexity index is 928. The lowest BCUT2D eigenvalue weighted by Gasteiger charge is -2.08. The average Bonchev–Trinajstić information content (AvgIpc) is 3.13. The number of carbonyl (C=O) groups excluding carboxylic acids is 1. The molecule has 6 nitrogen and oxygen atoms in total. The SMILES string of the molecule is CCOC(=O)c1n[nH]nc1-c1cccc(COc2ccc(F)c(F)c2)c1. The summed E-state index contributed by atoms with van der Waals surface area (Å²) in [5, 5.41) is 10.3. The van der Waals surface area contributed by atoms with Crippen molar-refractivity contribution in [1.82, 2.24) is 15.4 Å². The summed E-state index contributed by atoms with van der Waals surface area (Å²) in [7, 11) is 0. The van der Waals surface area contributed by atoms with Crippen LogP contribution in [0.25, 0.3) is 11.3 Å². The summed E-state index contributed by atoms with van der Waals surface area (Å²) in [5.74, 6) is -2.27. The zero-order chi connectivity index (χ0) is 18.5. The lowest BCUT2D eigenvalue weighted by atomic mass is 10.1. The van der Waals surface area contributed by atoms with Gasteiger partial charge in [-0.3, -0.25) is 0 Å². The molecule has 8 heteroatoms. The van der Waals surface area contributed by atoms with Crippen LogP contribution in [0.3, 0.4) is 0 Å². The number of hydrogen-bond acceptors (Lipinski definition) is 5. The topological polar surface area (TPSA) is 77.1 Å². The van der Waals surface area contributed by atoms with E-state index in [9.17, 15) is 13.6 Å². The van der Waals surface area contributed by atoms with Gasteiger partial charge in [-0.25, -0.2) is 13.6 Å². The van der Waals surface area contributed by atoms with Crippen LogP contribution in [0.15, 0.2) is 42.5 Å². The molecule has 3 aromatic rings. The molecule has 0 saturated heterocycles. The quantitative estimate of drug-likeness (QED) is 0.682. The first-order valence-corrected chi connectivity index (χ1v) is 7.83. The second kappa shape index (κ2) is 7.73. The third kappa shape index (κ3) is 3.85. The Hall–Kier alpha value is -3.29. The number of rotatable bonds is 6. The molecule has 0 unspecified atom stereocenters. The summed E-state index contributed by atoms with van der Waals surface area (Å²) < 4.78 is 36.6. The lowest BCUT2D eigenvalue weighted by molar-refractivity contribution is 0.0520. The molecular formula is C18H15F2N3O3. The number of benzene rings is 2. The standard InChI is InChI=1S/C18H15F2N3O3/c1-2-25-18(24)17-16(21-23-22-17)12-5-3-4-11(8-12)10-26-13-6-7-14(19)15(20)9-13/h3-9H,2,10H2,1H3,(H,21,22,23). The minimum absolute atomic E-state index is 0.0884. The zero-order valence-corrected chi connectivity index (χ0v) is 13.8. The normalized spacial score (nSPS) is 10.6. The first-order valence-electron chi connectivity index (χ1n) is 7.83. The van der Waals surface area contributed by atoms with E-state index in [0.717, 1.165) is 17.7 Å². The van der Waals surface area contributed by atoms with Crippen LogP contribution < -0.4 is 4.74 Å². The van der Waals surface area contributed by atoms with Crippen LogP contribution >= 0.6 is 0 Å². The van der Waals surface area contributed by atoms with Crippen molar-refractivity contribution in [3.8, 4) is 17.0 Å². The van der Waals surface area contributed by atoms with Gasteiger partial charge in [-0.15, -0.1) is 5.10 Å². The van der Waals surface area contributed by atoms with Crippen molar-refractivity contribution in [2.24, 2.45) is 0 Å². The van der Waals surface area contributed by atoms with E-state index < -0.39 is 17.6 Å². The first-order chi connectivity index (χ1) is 12.6. The van der Waals surface area contributed by atoms with E-state index in [2.05, 4.69) is 15.4 Å². The molecule has 0 saturated carbocycles. The fourth-order valence-electron chi connectivity index (χ4n) is 2.32. The number of hydrogen-bond donors (Lipinski definition) is 1. The second-order valence-electron chi connectivity index (χ2n) is 5.31. The Kier molecular flexibility index (Phi) is 5.21. The average molecular weight is 359 g/mol. The van der Waals surface area contributed by atoms with Gasteiger partial charge < -0.3 is 9.47 Å². The predicted octanol–water partition coefficient (Wildman–Crippen LogP) is 3.51. The fraction of sp³-hybridized carbons (Fsp3) is 0.167. The Morgan fingerprint density at radius 1 is 1.12 bits per heavy atom. The highest BCUT2D eigenvalue weighted by molar-refractivity contribution is 5.93. The molecule has 2 aromatic carbocycles. The number of nitrogens with zero attached hydrogens (tertiary/aromatic N) is 2. The highest BCUT2D eigenvalue weighted by atomic mass is 19.2. The summed E-state index contributed by atoms with van der Waals surface area (Å²) in [5.41, 5.74) is 1.85. The van der Waals surface area contributed by atoms with Crippen molar-refractivity contribution < 1.29 is 23.0 Å². The smallest absolute Gasteiger partial charge is 0.361 e. The molecule has 0 atom stereocenters. The van der Waals surface area contributed by atoms with Gasteiger partial charge in [-0.2, -0.15) is 10.3 Å². The van der Waals surface area contributed by atoms with Crippen molar-refractivity contribution in [2.75, 3.05) is 6.61 Å². The Labute approximate surface area is 147 Å². The molecule has 0 radical (unpaired) electrons. The molecule has 0 aliphatic rings. The number of nitrogens with one attached hydrogen (secondary N) is 1. The molecule has 0 bridgehead atoms. The van der Waals surface area contributed by atoms with Crippen LogP contribution in [-0.4, -0.2) is 28.0 Å². The van der Waals surface area contributed by atoms with Crippen LogP contribution in [0.5, 0.6) is 5.75 Å². The zero-order valence-electron chi connectivity index (χ0n) is 13.8. The monoisotopic (exact) mass is 359 g/mol. The van der Waals surface area contributed by atoms with E-state index in [1.54, 1.807) is 31.2 Å². The maximum Gasteiger partial charge on any atom is 0.361 e. The Morgan fingerprint density at radius 3 is 2.73 bits per heavy atom. The van der Waals surface area contributed by atoms with Crippen LogP contribution in [0, 0.1) is 11.6 Å². The third-order valence-corrected chi connectivity index (χ3v) is 3.51. The molecule has 0 spiro atoms. The molecule has 1 heterocycles. The van der Waals surface area contributed by atoms with Gasteiger partial charge in [0.15, 0.2) is 17.3 Å².